The van der Waals surface area contributed by atoms with E-state index >= 15 is 0 Å². The third-order valence-electron chi connectivity index (χ3n) is 7.39. The molecule has 2 nitrogen and oxygen atoms in total. The summed E-state index contributed by atoms with van der Waals surface area (Å²) in [5.41, 5.74) is 6.62. The van der Waals surface area contributed by atoms with E-state index in [9.17, 15) is 13.6 Å². The summed E-state index contributed by atoms with van der Waals surface area (Å²) in [4.78, 5) is 12.0. The molecular formula is C32H34F2O2. The van der Waals surface area contributed by atoms with E-state index < -0.39 is 11.6 Å². The number of esters is 1. The quantitative estimate of drug-likeness (QED) is 0.258. The zero-order valence-electron chi connectivity index (χ0n) is 21.8. The molecule has 1 aliphatic rings. The molecule has 4 rings (SSSR count). The lowest BCUT2D eigenvalue weighted by Crippen LogP contribution is -2.34. The SMILES string of the molecule is CCOC(=O)c1ccc(C=Cc2cc3c(cc2Cc2ccc(F)cc2F)C(C)(C)CCC3(C)C)cc1. The molecule has 3 aromatic rings. The second-order valence-electron chi connectivity index (χ2n) is 11.0. The van der Waals surface area contributed by atoms with Crippen LogP contribution in [0.25, 0.3) is 12.2 Å². The lowest BCUT2D eigenvalue weighted by molar-refractivity contribution is 0.0526. The standard InChI is InChI=1S/C32H34F2O2/c1-6-36-30(35)22-10-7-21(8-11-22)9-12-23-18-27-28(32(4,5)16-15-31(27,2)3)19-25(23)17-24-13-14-26(33)20-29(24)34/h7-14,18-20H,6,15-17H2,1-5H3. The molecule has 0 spiro atoms. The van der Waals surface area contributed by atoms with Gasteiger partial charge in [-0.2, -0.15) is 0 Å². The Morgan fingerprint density at radius 3 is 2.11 bits per heavy atom. The average molecular weight is 489 g/mol. The predicted octanol–water partition coefficient (Wildman–Crippen LogP) is 8.25. The molecule has 188 valence electrons. The van der Waals surface area contributed by atoms with E-state index in [4.69, 9.17) is 4.74 Å². The zero-order valence-corrected chi connectivity index (χ0v) is 21.8. The second-order valence-corrected chi connectivity index (χ2v) is 11.0. The monoisotopic (exact) mass is 488 g/mol. The number of halogens is 2. The van der Waals surface area contributed by atoms with Crippen LogP contribution in [0.4, 0.5) is 8.78 Å². The van der Waals surface area contributed by atoms with Gasteiger partial charge in [-0.05, 0) is 82.2 Å². The molecule has 0 unspecified atom stereocenters. The molecular weight excluding hydrogens is 454 g/mol. The Balaban J connectivity index is 1.76. The maximum atomic E-state index is 14.6. The molecule has 0 heterocycles. The van der Waals surface area contributed by atoms with Gasteiger partial charge in [0, 0.05) is 12.5 Å². The van der Waals surface area contributed by atoms with E-state index in [0.29, 0.717) is 24.2 Å². The minimum Gasteiger partial charge on any atom is -0.462 e. The van der Waals surface area contributed by atoms with Crippen molar-refractivity contribution in [2.45, 2.75) is 64.7 Å². The van der Waals surface area contributed by atoms with Crippen LogP contribution >= 0.6 is 0 Å². The van der Waals surface area contributed by atoms with E-state index in [-0.39, 0.29) is 16.8 Å². The molecule has 0 radical (unpaired) electrons. The third kappa shape index (κ3) is 5.43. The summed E-state index contributed by atoms with van der Waals surface area (Å²) in [6.07, 6.45) is 6.60. The van der Waals surface area contributed by atoms with E-state index in [2.05, 4.69) is 39.8 Å². The molecule has 0 atom stereocenters. The summed E-state index contributed by atoms with van der Waals surface area (Å²) >= 11 is 0. The van der Waals surface area contributed by atoms with Crippen LogP contribution in [0, 0.1) is 11.6 Å². The maximum absolute atomic E-state index is 14.6. The fourth-order valence-electron chi connectivity index (χ4n) is 4.98. The molecule has 0 saturated heterocycles. The smallest absolute Gasteiger partial charge is 0.338 e. The molecule has 0 fully saturated rings. The zero-order chi connectivity index (χ0) is 26.1. The van der Waals surface area contributed by atoms with Crippen molar-refractivity contribution in [2.75, 3.05) is 6.61 Å². The second kappa shape index (κ2) is 10.0. The lowest BCUT2D eigenvalue weighted by atomic mass is 9.62. The average Bonchev–Trinajstić information content (AvgIpc) is 2.83. The summed E-state index contributed by atoms with van der Waals surface area (Å²) in [5.74, 6) is -1.44. The van der Waals surface area contributed by atoms with Gasteiger partial charge >= 0.3 is 5.97 Å². The van der Waals surface area contributed by atoms with Crippen molar-refractivity contribution in [1.29, 1.82) is 0 Å². The van der Waals surface area contributed by atoms with Crippen molar-refractivity contribution in [2.24, 2.45) is 0 Å². The van der Waals surface area contributed by atoms with Crippen molar-refractivity contribution >= 4 is 18.1 Å². The molecule has 3 aromatic carbocycles. The highest BCUT2D eigenvalue weighted by Crippen LogP contribution is 2.47. The molecule has 0 N–H and O–H groups in total. The van der Waals surface area contributed by atoms with Gasteiger partial charge in [0.25, 0.3) is 0 Å². The highest BCUT2D eigenvalue weighted by atomic mass is 19.1. The van der Waals surface area contributed by atoms with Crippen molar-refractivity contribution in [3.05, 3.63) is 105 Å². The molecule has 0 bridgehead atoms. The molecule has 36 heavy (non-hydrogen) atoms. The molecule has 1 aliphatic carbocycles. The number of ether oxygens (including phenoxy) is 1. The largest absolute Gasteiger partial charge is 0.462 e. The molecule has 0 amide bonds. The highest BCUT2D eigenvalue weighted by molar-refractivity contribution is 5.89. The van der Waals surface area contributed by atoms with Crippen LogP contribution in [0.5, 0.6) is 0 Å². The molecule has 0 aromatic heterocycles. The van der Waals surface area contributed by atoms with Gasteiger partial charge in [0.15, 0.2) is 0 Å². The number of fused-ring (bicyclic) bond motifs is 1. The van der Waals surface area contributed by atoms with Crippen LogP contribution in [0.3, 0.4) is 0 Å². The first-order valence-electron chi connectivity index (χ1n) is 12.6. The highest BCUT2D eigenvalue weighted by Gasteiger charge is 2.37. The van der Waals surface area contributed by atoms with E-state index in [0.717, 1.165) is 35.6 Å². The van der Waals surface area contributed by atoms with E-state index in [1.54, 1.807) is 19.1 Å². The number of hydrogen-bond donors (Lipinski definition) is 0. The normalized spacial score (nSPS) is 16.1. The Morgan fingerprint density at radius 2 is 1.50 bits per heavy atom. The van der Waals surface area contributed by atoms with Crippen molar-refractivity contribution < 1.29 is 18.3 Å². The van der Waals surface area contributed by atoms with E-state index in [1.165, 1.54) is 23.3 Å². The number of carbonyl (C=O) groups excluding carboxylic acids is 1. The van der Waals surface area contributed by atoms with Crippen LogP contribution in [0.15, 0.2) is 54.6 Å². The van der Waals surface area contributed by atoms with Gasteiger partial charge in [-0.3, -0.25) is 0 Å². The molecule has 4 heteroatoms. The fraction of sp³-hybridized carbons (Fsp3) is 0.344. The van der Waals surface area contributed by atoms with Crippen molar-refractivity contribution in [3.8, 4) is 0 Å². The Hall–Kier alpha value is -3.27. The Bertz CT molecular complexity index is 1300. The molecule has 0 saturated carbocycles. The third-order valence-corrected chi connectivity index (χ3v) is 7.39. The number of hydrogen-bond acceptors (Lipinski definition) is 2. The predicted molar refractivity (Wildman–Crippen MR) is 142 cm³/mol. The van der Waals surface area contributed by atoms with Gasteiger partial charge in [-0.15, -0.1) is 0 Å². The minimum atomic E-state index is -0.573. The maximum Gasteiger partial charge on any atom is 0.338 e. The van der Waals surface area contributed by atoms with E-state index in [1.807, 2.05) is 24.3 Å². The Morgan fingerprint density at radius 1 is 0.861 bits per heavy atom. The van der Waals surface area contributed by atoms with Crippen molar-refractivity contribution in [1.82, 2.24) is 0 Å². The summed E-state index contributed by atoms with van der Waals surface area (Å²) in [6, 6.07) is 15.5. The summed E-state index contributed by atoms with van der Waals surface area (Å²) < 4.78 is 33.2. The Kier molecular flexibility index (Phi) is 7.17. The first-order chi connectivity index (χ1) is 17.0. The van der Waals surface area contributed by atoms with Crippen LogP contribution in [0.1, 0.15) is 91.2 Å². The van der Waals surface area contributed by atoms with Crippen LogP contribution in [0.2, 0.25) is 0 Å². The summed E-state index contributed by atoms with van der Waals surface area (Å²) in [6.45, 7) is 11.2. The molecule has 0 aliphatic heterocycles. The number of carbonyl (C=O) groups is 1. The van der Waals surface area contributed by atoms with Gasteiger partial charge in [0.2, 0.25) is 0 Å². The minimum absolute atomic E-state index is 0.0200. The lowest BCUT2D eigenvalue weighted by Gasteiger charge is -2.42. The van der Waals surface area contributed by atoms with Crippen LogP contribution in [-0.4, -0.2) is 12.6 Å². The number of rotatable bonds is 6. The van der Waals surface area contributed by atoms with Crippen molar-refractivity contribution in [3.63, 3.8) is 0 Å². The van der Waals surface area contributed by atoms with Gasteiger partial charge in [-0.1, -0.05) is 70.2 Å². The van der Waals surface area contributed by atoms with Gasteiger partial charge < -0.3 is 4.74 Å². The first kappa shape index (κ1) is 25.8. The van der Waals surface area contributed by atoms with Crippen LogP contribution in [-0.2, 0) is 22.0 Å². The fourth-order valence-corrected chi connectivity index (χ4v) is 4.98. The van der Waals surface area contributed by atoms with Crippen LogP contribution < -0.4 is 0 Å². The summed E-state index contributed by atoms with van der Waals surface area (Å²) in [7, 11) is 0. The Labute approximate surface area is 213 Å². The topological polar surface area (TPSA) is 26.3 Å². The number of benzene rings is 3. The van der Waals surface area contributed by atoms with Gasteiger partial charge in [0.05, 0.1) is 12.2 Å². The van der Waals surface area contributed by atoms with Gasteiger partial charge in [-0.25, -0.2) is 13.6 Å². The van der Waals surface area contributed by atoms with Gasteiger partial charge in [0.1, 0.15) is 11.6 Å². The summed E-state index contributed by atoms with van der Waals surface area (Å²) in [5, 5.41) is 0. The first-order valence-corrected chi connectivity index (χ1v) is 12.6.